The van der Waals surface area contributed by atoms with Crippen LogP contribution < -0.4 is 4.90 Å². The van der Waals surface area contributed by atoms with Gasteiger partial charge in [0.2, 0.25) is 0 Å². The second-order valence-electron chi connectivity index (χ2n) is 6.35. The quantitative estimate of drug-likeness (QED) is 0.842. The molecule has 2 saturated heterocycles. The molecule has 2 fully saturated rings. The molecular weight excluding hydrogens is 324 g/mol. The molecule has 0 radical (unpaired) electrons. The Balaban J connectivity index is 1.49. The third-order valence-electron chi connectivity index (χ3n) is 4.53. The number of nitrogens with zero attached hydrogens (tertiary/aromatic N) is 4. The molecule has 0 aliphatic carbocycles. The first kappa shape index (κ1) is 16.0. The summed E-state index contributed by atoms with van der Waals surface area (Å²) in [6.45, 7) is 6.46. The fourth-order valence-electron chi connectivity index (χ4n) is 3.43. The van der Waals surface area contributed by atoms with E-state index in [1.807, 2.05) is 23.8 Å². The highest BCUT2D eigenvalue weighted by Gasteiger charge is 2.40. The van der Waals surface area contributed by atoms with Crippen LogP contribution in [0, 0.1) is 0 Å². The van der Waals surface area contributed by atoms with Crippen molar-refractivity contribution in [1.82, 2.24) is 14.9 Å². The minimum absolute atomic E-state index is 0.290. The topological polar surface area (TPSA) is 50.7 Å². The van der Waals surface area contributed by atoms with E-state index in [1.165, 1.54) is 0 Å². The number of rotatable bonds is 3. The number of hydrogen-bond donors (Lipinski definition) is 0. The van der Waals surface area contributed by atoms with Gasteiger partial charge in [-0.2, -0.15) is 0 Å². The summed E-state index contributed by atoms with van der Waals surface area (Å²) in [4.78, 5) is 13.4. The Morgan fingerprint density at radius 1 is 1.21 bits per heavy atom. The van der Waals surface area contributed by atoms with Gasteiger partial charge in [0.05, 0.1) is 44.8 Å². The second kappa shape index (κ2) is 7.14. The van der Waals surface area contributed by atoms with E-state index >= 15 is 0 Å². The maximum Gasteiger partial charge on any atom is 0.121 e. The Bertz CT molecular complexity index is 639. The highest BCUT2D eigenvalue weighted by Crippen LogP contribution is 2.26. The number of anilines is 1. The maximum atomic E-state index is 6.24. The zero-order chi connectivity index (χ0) is 16.2. The van der Waals surface area contributed by atoms with Crippen LogP contribution in [0.15, 0.2) is 36.1 Å². The summed E-state index contributed by atoms with van der Waals surface area (Å²) >= 11 is 1.71. The monoisotopic (exact) mass is 346 g/mol. The summed E-state index contributed by atoms with van der Waals surface area (Å²) in [5, 5.41) is 3.19. The lowest BCUT2D eigenvalue weighted by molar-refractivity contribution is -0.134. The number of thiazole rings is 1. The van der Waals surface area contributed by atoms with Crippen molar-refractivity contribution in [3.05, 3.63) is 41.1 Å². The van der Waals surface area contributed by atoms with Gasteiger partial charge in [-0.05, 0) is 12.1 Å². The summed E-state index contributed by atoms with van der Waals surface area (Å²) < 4.78 is 12.1. The Morgan fingerprint density at radius 2 is 2.21 bits per heavy atom. The van der Waals surface area contributed by atoms with E-state index in [2.05, 4.69) is 25.8 Å². The van der Waals surface area contributed by atoms with E-state index < -0.39 is 0 Å². The number of ether oxygens (including phenoxy) is 2. The zero-order valence-corrected chi connectivity index (χ0v) is 14.5. The molecule has 0 saturated carbocycles. The Morgan fingerprint density at radius 3 is 3.04 bits per heavy atom. The summed E-state index contributed by atoms with van der Waals surface area (Å²) in [5.41, 5.74) is 0.838. The van der Waals surface area contributed by atoms with Crippen LogP contribution in [0.25, 0.3) is 0 Å². The molecule has 7 heteroatoms. The van der Waals surface area contributed by atoms with Crippen molar-refractivity contribution in [3.8, 4) is 0 Å². The summed E-state index contributed by atoms with van der Waals surface area (Å²) in [5.74, 6) is 0. The van der Waals surface area contributed by atoms with Gasteiger partial charge >= 0.3 is 0 Å². The predicted molar refractivity (Wildman–Crippen MR) is 93.3 cm³/mol. The van der Waals surface area contributed by atoms with Crippen molar-refractivity contribution in [2.24, 2.45) is 0 Å². The van der Waals surface area contributed by atoms with Gasteiger partial charge in [-0.15, -0.1) is 11.3 Å². The molecule has 4 heterocycles. The van der Waals surface area contributed by atoms with E-state index in [9.17, 15) is 0 Å². The number of hydrogen-bond acceptors (Lipinski definition) is 7. The van der Waals surface area contributed by atoms with Gasteiger partial charge in [-0.3, -0.25) is 9.88 Å². The van der Waals surface area contributed by atoms with Crippen LogP contribution in [0.5, 0.6) is 0 Å². The van der Waals surface area contributed by atoms with Crippen LogP contribution in [-0.4, -0.2) is 66.5 Å². The minimum atomic E-state index is -0.290. The van der Waals surface area contributed by atoms with E-state index in [-0.39, 0.29) is 5.60 Å². The van der Waals surface area contributed by atoms with Crippen molar-refractivity contribution in [1.29, 1.82) is 0 Å². The molecular formula is C17H22N4O2S. The Labute approximate surface area is 146 Å². The first-order valence-corrected chi connectivity index (χ1v) is 9.18. The number of aromatic nitrogens is 2. The largest absolute Gasteiger partial charge is 0.376 e. The summed E-state index contributed by atoms with van der Waals surface area (Å²) in [6, 6.07) is 4.08. The van der Waals surface area contributed by atoms with Crippen LogP contribution in [-0.2, 0) is 16.0 Å². The first-order chi connectivity index (χ1) is 11.8. The van der Waals surface area contributed by atoms with Crippen LogP contribution in [0.3, 0.4) is 0 Å². The molecule has 128 valence electrons. The summed E-state index contributed by atoms with van der Waals surface area (Å²) in [6.07, 6.45) is 5.59. The average molecular weight is 346 g/mol. The van der Waals surface area contributed by atoms with Crippen molar-refractivity contribution in [2.45, 2.75) is 12.1 Å². The van der Waals surface area contributed by atoms with E-state index in [1.54, 1.807) is 17.5 Å². The standard InChI is InChI=1S/C17H22N4O2S/c1-2-15(10-18-3-1)21-6-7-22-14-17(13-21)12-20(5-8-23-17)11-16-19-4-9-24-16/h1-4,9-10H,5-8,11-14H2. The van der Waals surface area contributed by atoms with Gasteiger partial charge in [0.25, 0.3) is 0 Å². The molecule has 24 heavy (non-hydrogen) atoms. The predicted octanol–water partition coefficient (Wildman–Crippen LogP) is 1.65. The fraction of sp³-hybridized carbons (Fsp3) is 0.529. The molecule has 2 aliphatic rings. The van der Waals surface area contributed by atoms with Crippen molar-refractivity contribution in [2.75, 3.05) is 50.9 Å². The van der Waals surface area contributed by atoms with Crippen molar-refractivity contribution < 1.29 is 9.47 Å². The fourth-order valence-corrected chi connectivity index (χ4v) is 4.09. The van der Waals surface area contributed by atoms with Gasteiger partial charge < -0.3 is 14.4 Å². The average Bonchev–Trinajstić information content (AvgIpc) is 3.03. The van der Waals surface area contributed by atoms with Gasteiger partial charge in [0, 0.05) is 37.4 Å². The first-order valence-electron chi connectivity index (χ1n) is 8.30. The van der Waals surface area contributed by atoms with Gasteiger partial charge in [-0.1, -0.05) is 0 Å². The lowest BCUT2D eigenvalue weighted by Gasteiger charge is -2.43. The van der Waals surface area contributed by atoms with Crippen LogP contribution in [0.1, 0.15) is 5.01 Å². The SMILES string of the molecule is c1cncc(N2CCOCC3(CN(Cc4nccs4)CCO3)C2)c1. The molecule has 0 bridgehead atoms. The lowest BCUT2D eigenvalue weighted by atomic mass is 10.0. The third-order valence-corrected chi connectivity index (χ3v) is 5.29. The molecule has 2 aromatic rings. The molecule has 4 rings (SSSR count). The number of morpholine rings is 1. The molecule has 2 aliphatic heterocycles. The molecule has 0 aromatic carbocycles. The molecule has 1 atom stereocenters. The molecule has 1 spiro atoms. The van der Waals surface area contributed by atoms with Crippen LogP contribution in [0.2, 0.25) is 0 Å². The zero-order valence-electron chi connectivity index (χ0n) is 13.6. The Hall–Kier alpha value is -1.54. The second-order valence-corrected chi connectivity index (χ2v) is 7.33. The molecule has 2 aromatic heterocycles. The van der Waals surface area contributed by atoms with Gasteiger partial charge in [0.15, 0.2) is 0 Å². The summed E-state index contributed by atoms with van der Waals surface area (Å²) in [7, 11) is 0. The minimum Gasteiger partial charge on any atom is -0.376 e. The molecule has 0 N–H and O–H groups in total. The smallest absolute Gasteiger partial charge is 0.121 e. The van der Waals surface area contributed by atoms with Crippen LogP contribution in [0.4, 0.5) is 5.69 Å². The molecule has 6 nitrogen and oxygen atoms in total. The van der Waals surface area contributed by atoms with Gasteiger partial charge in [-0.25, -0.2) is 4.98 Å². The number of pyridine rings is 1. The van der Waals surface area contributed by atoms with E-state index in [0.717, 1.165) is 50.0 Å². The van der Waals surface area contributed by atoms with E-state index in [4.69, 9.17) is 9.47 Å². The molecule has 0 amide bonds. The highest BCUT2D eigenvalue weighted by atomic mass is 32.1. The molecule has 1 unspecified atom stereocenters. The normalized spacial score (nSPS) is 25.8. The lowest BCUT2D eigenvalue weighted by Crippen LogP contribution is -2.58. The van der Waals surface area contributed by atoms with E-state index in [0.29, 0.717) is 13.2 Å². The van der Waals surface area contributed by atoms with Crippen molar-refractivity contribution >= 4 is 17.0 Å². The van der Waals surface area contributed by atoms with Gasteiger partial charge in [0.1, 0.15) is 10.6 Å². The highest BCUT2D eigenvalue weighted by molar-refractivity contribution is 7.09. The maximum absolute atomic E-state index is 6.24. The van der Waals surface area contributed by atoms with Crippen LogP contribution >= 0.6 is 11.3 Å². The third kappa shape index (κ3) is 3.59. The van der Waals surface area contributed by atoms with Crippen molar-refractivity contribution in [3.63, 3.8) is 0 Å². The Kier molecular flexibility index (Phi) is 4.75.